The van der Waals surface area contributed by atoms with E-state index in [1.807, 2.05) is 0 Å². The molecule has 1 N–H and O–H groups in total. The first-order chi connectivity index (χ1) is 10.7. The predicted molar refractivity (Wildman–Crippen MR) is 79.6 cm³/mol. The molecule has 130 valence electrons. The maximum absolute atomic E-state index is 13.0. The number of nitrogens with zero attached hydrogens (tertiary/aromatic N) is 1. The van der Waals surface area contributed by atoms with Gasteiger partial charge in [-0.1, -0.05) is 5.57 Å². The minimum Gasteiger partial charge on any atom is -0.348 e. The summed E-state index contributed by atoms with van der Waals surface area (Å²) in [6, 6.07) is -2.18. The Kier molecular flexibility index (Phi) is 5.37. The molecule has 1 aliphatic carbocycles. The maximum atomic E-state index is 13.0. The van der Waals surface area contributed by atoms with E-state index in [9.17, 15) is 22.8 Å². The second-order valence-corrected chi connectivity index (χ2v) is 6.41. The summed E-state index contributed by atoms with van der Waals surface area (Å²) < 4.78 is 39.0. The average Bonchev–Trinajstić information content (AvgIpc) is 2.99. The van der Waals surface area contributed by atoms with Gasteiger partial charge < -0.3 is 10.2 Å². The fourth-order valence-electron chi connectivity index (χ4n) is 3.41. The molecule has 2 fully saturated rings. The number of rotatable bonds is 2. The summed E-state index contributed by atoms with van der Waals surface area (Å²) in [6.07, 6.45) is -0.392. The first-order valence-electron chi connectivity index (χ1n) is 8.03. The molecular formula is C16H23F3N2O2. The number of piperidine rings is 1. The molecule has 2 unspecified atom stereocenters. The maximum Gasteiger partial charge on any atom is 0.408 e. The van der Waals surface area contributed by atoms with E-state index in [0.717, 1.165) is 43.1 Å². The highest BCUT2D eigenvalue weighted by molar-refractivity contribution is 5.93. The highest BCUT2D eigenvalue weighted by Crippen LogP contribution is 2.32. The van der Waals surface area contributed by atoms with E-state index in [1.165, 1.54) is 0 Å². The Balaban J connectivity index is 2.01. The number of hydrogen-bond donors (Lipinski definition) is 1. The van der Waals surface area contributed by atoms with E-state index < -0.39 is 24.2 Å². The van der Waals surface area contributed by atoms with Crippen LogP contribution >= 0.6 is 0 Å². The molecule has 1 saturated carbocycles. The van der Waals surface area contributed by atoms with Crippen LogP contribution in [0.5, 0.6) is 0 Å². The largest absolute Gasteiger partial charge is 0.408 e. The van der Waals surface area contributed by atoms with E-state index in [-0.39, 0.29) is 25.3 Å². The number of amides is 2. The van der Waals surface area contributed by atoms with Crippen LogP contribution in [0, 0.1) is 0 Å². The Morgan fingerprint density at radius 3 is 2.26 bits per heavy atom. The van der Waals surface area contributed by atoms with Crippen molar-refractivity contribution in [1.29, 1.82) is 0 Å². The summed E-state index contributed by atoms with van der Waals surface area (Å²) in [6.45, 7) is 2.81. The minimum atomic E-state index is -4.43. The number of carbonyl (C=O) groups is 2. The Morgan fingerprint density at radius 1 is 1.13 bits per heavy atom. The molecular weight excluding hydrogens is 309 g/mol. The highest BCUT2D eigenvalue weighted by Gasteiger charge is 2.47. The molecule has 0 radical (unpaired) electrons. The molecule has 0 aromatic heterocycles. The Bertz CT molecular complexity index is 506. The Morgan fingerprint density at radius 2 is 1.74 bits per heavy atom. The molecule has 2 amide bonds. The molecule has 1 saturated heterocycles. The molecule has 23 heavy (non-hydrogen) atoms. The van der Waals surface area contributed by atoms with Crippen molar-refractivity contribution < 1.29 is 22.8 Å². The monoisotopic (exact) mass is 332 g/mol. The van der Waals surface area contributed by atoms with Gasteiger partial charge >= 0.3 is 6.18 Å². The van der Waals surface area contributed by atoms with Crippen molar-refractivity contribution in [3.8, 4) is 0 Å². The summed E-state index contributed by atoms with van der Waals surface area (Å²) in [5, 5.41) is 2.79. The average molecular weight is 332 g/mol. The summed E-state index contributed by atoms with van der Waals surface area (Å²) in [4.78, 5) is 24.6. The van der Waals surface area contributed by atoms with Crippen LogP contribution in [0.25, 0.3) is 0 Å². The van der Waals surface area contributed by atoms with E-state index in [4.69, 9.17) is 0 Å². The van der Waals surface area contributed by atoms with Crippen molar-refractivity contribution >= 4 is 11.8 Å². The summed E-state index contributed by atoms with van der Waals surface area (Å²) in [5.41, 5.74) is 1.81. The lowest BCUT2D eigenvalue weighted by Crippen LogP contribution is -2.57. The van der Waals surface area contributed by atoms with E-state index in [1.54, 1.807) is 6.92 Å². The third-order valence-corrected chi connectivity index (χ3v) is 4.78. The van der Waals surface area contributed by atoms with Gasteiger partial charge in [-0.05, 0) is 45.4 Å². The van der Waals surface area contributed by atoms with Gasteiger partial charge in [-0.3, -0.25) is 9.59 Å². The molecule has 1 aliphatic heterocycles. The standard InChI is InChI=1S/C16H23F3N2O2/c1-10(12-5-3-4-6-12)15(23)20-13-7-8-14(16(17,18)19)21(9-13)11(2)22/h13-14H,3-9H2,1-2H3,(H,20,23). The number of allylic oxidation sites excluding steroid dienone is 1. The summed E-state index contributed by atoms with van der Waals surface area (Å²) in [5.74, 6) is -0.835. The van der Waals surface area contributed by atoms with E-state index in [0.29, 0.717) is 5.57 Å². The van der Waals surface area contributed by atoms with Crippen molar-refractivity contribution in [2.45, 2.75) is 70.6 Å². The van der Waals surface area contributed by atoms with Crippen LogP contribution < -0.4 is 5.32 Å². The smallest absolute Gasteiger partial charge is 0.348 e. The van der Waals surface area contributed by atoms with Gasteiger partial charge in [0.1, 0.15) is 6.04 Å². The van der Waals surface area contributed by atoms with Crippen LogP contribution in [0.1, 0.15) is 52.4 Å². The van der Waals surface area contributed by atoms with Crippen LogP contribution in [0.15, 0.2) is 11.1 Å². The number of carbonyl (C=O) groups excluding carboxylic acids is 2. The van der Waals surface area contributed by atoms with Crippen LogP contribution in [-0.2, 0) is 9.59 Å². The van der Waals surface area contributed by atoms with Crippen LogP contribution in [0.4, 0.5) is 13.2 Å². The van der Waals surface area contributed by atoms with Gasteiger partial charge in [0, 0.05) is 25.1 Å². The van der Waals surface area contributed by atoms with Crippen molar-refractivity contribution in [3.63, 3.8) is 0 Å². The Hall–Kier alpha value is -1.53. The van der Waals surface area contributed by atoms with Gasteiger partial charge in [0.15, 0.2) is 0 Å². The molecule has 0 aromatic rings. The Labute approximate surface area is 134 Å². The molecule has 0 spiro atoms. The van der Waals surface area contributed by atoms with Crippen molar-refractivity contribution in [1.82, 2.24) is 10.2 Å². The highest BCUT2D eigenvalue weighted by atomic mass is 19.4. The number of halogens is 3. The number of alkyl halides is 3. The van der Waals surface area contributed by atoms with Gasteiger partial charge in [0.05, 0.1) is 0 Å². The van der Waals surface area contributed by atoms with Gasteiger partial charge in [-0.15, -0.1) is 0 Å². The van der Waals surface area contributed by atoms with Crippen molar-refractivity contribution in [3.05, 3.63) is 11.1 Å². The van der Waals surface area contributed by atoms with Crippen molar-refractivity contribution in [2.75, 3.05) is 6.54 Å². The third kappa shape index (κ3) is 4.26. The number of likely N-dealkylation sites (tertiary alicyclic amines) is 1. The molecule has 2 rings (SSSR count). The fraction of sp³-hybridized carbons (Fsp3) is 0.750. The zero-order chi connectivity index (χ0) is 17.2. The topological polar surface area (TPSA) is 49.4 Å². The molecule has 0 aromatic carbocycles. The van der Waals surface area contributed by atoms with Crippen LogP contribution in [0.3, 0.4) is 0 Å². The van der Waals surface area contributed by atoms with Gasteiger partial charge in [-0.2, -0.15) is 13.2 Å². The first kappa shape index (κ1) is 17.8. The molecule has 0 bridgehead atoms. The van der Waals surface area contributed by atoms with Gasteiger partial charge in [0.25, 0.3) is 0 Å². The number of hydrogen-bond acceptors (Lipinski definition) is 2. The van der Waals surface area contributed by atoms with Crippen LogP contribution in [-0.4, -0.2) is 41.5 Å². The lowest BCUT2D eigenvalue weighted by molar-refractivity contribution is -0.196. The summed E-state index contributed by atoms with van der Waals surface area (Å²) >= 11 is 0. The second-order valence-electron chi connectivity index (χ2n) is 6.41. The zero-order valence-electron chi connectivity index (χ0n) is 13.5. The lowest BCUT2D eigenvalue weighted by atomic mass is 9.97. The lowest BCUT2D eigenvalue weighted by Gasteiger charge is -2.40. The predicted octanol–water partition coefficient (Wildman–Crippen LogP) is 2.93. The number of nitrogens with one attached hydrogen (secondary N) is 1. The molecule has 4 nitrogen and oxygen atoms in total. The SMILES string of the molecule is CC(=O)N1CC(NC(=O)C(C)=C2CCCC2)CCC1C(F)(F)F. The molecule has 2 atom stereocenters. The normalized spacial score (nSPS) is 25.4. The minimum absolute atomic E-state index is 0.0894. The molecule has 2 aliphatic rings. The third-order valence-electron chi connectivity index (χ3n) is 4.78. The second kappa shape index (κ2) is 6.93. The van der Waals surface area contributed by atoms with E-state index >= 15 is 0 Å². The van der Waals surface area contributed by atoms with Crippen LogP contribution in [0.2, 0.25) is 0 Å². The quantitative estimate of drug-likeness (QED) is 0.791. The fourth-order valence-corrected chi connectivity index (χ4v) is 3.41. The molecule has 1 heterocycles. The van der Waals surface area contributed by atoms with Gasteiger partial charge in [0.2, 0.25) is 11.8 Å². The van der Waals surface area contributed by atoms with E-state index in [2.05, 4.69) is 5.32 Å². The zero-order valence-corrected chi connectivity index (χ0v) is 13.5. The summed E-state index contributed by atoms with van der Waals surface area (Å²) in [7, 11) is 0. The van der Waals surface area contributed by atoms with Gasteiger partial charge in [-0.25, -0.2) is 0 Å². The molecule has 7 heteroatoms. The first-order valence-corrected chi connectivity index (χ1v) is 8.03. The van der Waals surface area contributed by atoms with Crippen molar-refractivity contribution in [2.24, 2.45) is 0 Å².